The van der Waals surface area contributed by atoms with Crippen LogP contribution in [0.1, 0.15) is 5.56 Å². The van der Waals surface area contributed by atoms with E-state index in [4.69, 9.17) is 4.74 Å². The topological polar surface area (TPSA) is 43.2 Å². The van der Waals surface area contributed by atoms with Crippen LogP contribution < -0.4 is 0 Å². The van der Waals surface area contributed by atoms with Gasteiger partial charge in [0.2, 0.25) is 0 Å². The maximum Gasteiger partial charge on any atom is 0.123 e. The lowest BCUT2D eigenvalue weighted by atomic mass is 10.2. The van der Waals surface area contributed by atoms with Gasteiger partial charge in [-0.1, -0.05) is 17.3 Å². The molecule has 1 unspecified atom stereocenters. The van der Waals surface area contributed by atoms with Crippen LogP contribution in [-0.2, 0) is 17.8 Å². The number of morpholine rings is 1. The molecular weight excluding hydrogens is 259 g/mol. The van der Waals surface area contributed by atoms with E-state index in [1.807, 2.05) is 12.3 Å². The van der Waals surface area contributed by atoms with E-state index in [0.29, 0.717) is 13.2 Å². The van der Waals surface area contributed by atoms with Crippen molar-refractivity contribution in [1.29, 1.82) is 0 Å². The molecule has 1 atom stereocenters. The van der Waals surface area contributed by atoms with Crippen molar-refractivity contribution in [3.05, 3.63) is 48.0 Å². The van der Waals surface area contributed by atoms with Crippen LogP contribution in [0.2, 0.25) is 0 Å². The number of hydrogen-bond acceptors (Lipinski definition) is 4. The molecule has 2 aromatic rings. The zero-order valence-electron chi connectivity index (χ0n) is 11.2. The molecule has 1 aliphatic rings. The summed E-state index contributed by atoms with van der Waals surface area (Å²) < 4.78 is 20.7. The number of halogens is 1. The predicted molar refractivity (Wildman–Crippen MR) is 71.4 cm³/mol. The van der Waals surface area contributed by atoms with Crippen molar-refractivity contribution < 1.29 is 9.13 Å². The van der Waals surface area contributed by atoms with Crippen LogP contribution in [0.15, 0.2) is 36.7 Å². The molecule has 1 fully saturated rings. The molecule has 1 aliphatic heterocycles. The maximum atomic E-state index is 13.2. The third-order valence-electron chi connectivity index (χ3n) is 3.38. The summed E-state index contributed by atoms with van der Waals surface area (Å²) in [5.74, 6) is -0.185. The van der Waals surface area contributed by atoms with Gasteiger partial charge in [-0.3, -0.25) is 4.90 Å². The van der Waals surface area contributed by atoms with Gasteiger partial charge in [0.25, 0.3) is 0 Å². The van der Waals surface area contributed by atoms with Gasteiger partial charge in [0.1, 0.15) is 5.82 Å². The van der Waals surface area contributed by atoms with E-state index in [1.165, 1.54) is 6.07 Å². The fraction of sp³-hybridized carbons (Fsp3) is 0.429. The van der Waals surface area contributed by atoms with E-state index >= 15 is 0 Å². The molecule has 0 amide bonds. The number of ether oxygens (including phenoxy) is 1. The fourth-order valence-electron chi connectivity index (χ4n) is 2.47. The second kappa shape index (κ2) is 6.11. The van der Waals surface area contributed by atoms with Crippen molar-refractivity contribution in [1.82, 2.24) is 19.9 Å². The first-order chi connectivity index (χ1) is 9.79. The molecule has 0 bridgehead atoms. The molecule has 1 aromatic carbocycles. The second-order valence-corrected chi connectivity index (χ2v) is 4.98. The van der Waals surface area contributed by atoms with Crippen molar-refractivity contribution in [2.45, 2.75) is 19.2 Å². The number of benzene rings is 1. The van der Waals surface area contributed by atoms with Crippen LogP contribution in [0, 0.1) is 5.82 Å². The van der Waals surface area contributed by atoms with Gasteiger partial charge in [-0.05, 0) is 17.7 Å². The molecule has 0 radical (unpaired) electrons. The van der Waals surface area contributed by atoms with E-state index in [2.05, 4.69) is 15.2 Å². The first-order valence-electron chi connectivity index (χ1n) is 6.72. The molecule has 5 nitrogen and oxygen atoms in total. The molecule has 3 rings (SSSR count). The monoisotopic (exact) mass is 276 g/mol. The van der Waals surface area contributed by atoms with Crippen LogP contribution in [0.3, 0.4) is 0 Å². The van der Waals surface area contributed by atoms with Gasteiger partial charge in [0.05, 0.1) is 25.5 Å². The standard InChI is InChI=1S/C14H17FN4O/c15-13-3-1-2-12(8-13)9-18-6-7-20-14(10-18)11-19-5-4-16-17-19/h1-5,8,14H,6-7,9-11H2. The average molecular weight is 276 g/mol. The van der Waals surface area contributed by atoms with Gasteiger partial charge in [0.15, 0.2) is 0 Å². The maximum absolute atomic E-state index is 13.2. The Hall–Kier alpha value is -1.79. The van der Waals surface area contributed by atoms with E-state index in [1.54, 1.807) is 23.0 Å². The molecule has 0 saturated carbocycles. The van der Waals surface area contributed by atoms with Crippen LogP contribution >= 0.6 is 0 Å². The first-order valence-corrected chi connectivity index (χ1v) is 6.72. The van der Waals surface area contributed by atoms with Gasteiger partial charge in [-0.25, -0.2) is 9.07 Å². The number of aromatic nitrogens is 3. The second-order valence-electron chi connectivity index (χ2n) is 4.98. The summed E-state index contributed by atoms with van der Waals surface area (Å²) in [5.41, 5.74) is 0.992. The first kappa shape index (κ1) is 13.2. The molecular formula is C14H17FN4O. The van der Waals surface area contributed by atoms with Gasteiger partial charge in [-0.2, -0.15) is 0 Å². The molecule has 0 aliphatic carbocycles. The van der Waals surface area contributed by atoms with Crippen LogP contribution in [-0.4, -0.2) is 45.7 Å². The van der Waals surface area contributed by atoms with Crippen molar-refractivity contribution in [3.63, 3.8) is 0 Å². The average Bonchev–Trinajstić information content (AvgIpc) is 2.92. The largest absolute Gasteiger partial charge is 0.374 e. The summed E-state index contributed by atoms with van der Waals surface area (Å²) in [5, 5.41) is 7.74. The van der Waals surface area contributed by atoms with Crippen molar-refractivity contribution in [2.24, 2.45) is 0 Å². The highest BCUT2D eigenvalue weighted by atomic mass is 19.1. The molecule has 2 heterocycles. The predicted octanol–water partition coefficient (Wildman–Crippen LogP) is 1.32. The molecule has 106 valence electrons. The minimum Gasteiger partial charge on any atom is -0.374 e. The Bertz CT molecular complexity index is 546. The SMILES string of the molecule is Fc1cccc(CN2CCOC(Cn3ccnn3)C2)c1. The molecule has 6 heteroatoms. The number of nitrogens with zero attached hydrogens (tertiary/aromatic N) is 4. The zero-order valence-corrected chi connectivity index (χ0v) is 11.2. The Morgan fingerprint density at radius 1 is 1.40 bits per heavy atom. The third-order valence-corrected chi connectivity index (χ3v) is 3.38. The highest BCUT2D eigenvalue weighted by Crippen LogP contribution is 2.12. The van der Waals surface area contributed by atoms with E-state index < -0.39 is 0 Å². The molecule has 1 aromatic heterocycles. The zero-order chi connectivity index (χ0) is 13.8. The minimum atomic E-state index is -0.185. The minimum absolute atomic E-state index is 0.0963. The third kappa shape index (κ3) is 3.40. The Morgan fingerprint density at radius 2 is 2.35 bits per heavy atom. The Morgan fingerprint density at radius 3 is 3.15 bits per heavy atom. The normalized spacial score (nSPS) is 20.1. The summed E-state index contributed by atoms with van der Waals surface area (Å²) in [6.07, 6.45) is 3.58. The lowest BCUT2D eigenvalue weighted by Crippen LogP contribution is -2.43. The lowest BCUT2D eigenvalue weighted by molar-refractivity contribution is -0.0404. The summed E-state index contributed by atoms with van der Waals surface area (Å²) >= 11 is 0. The molecule has 0 N–H and O–H groups in total. The number of hydrogen-bond donors (Lipinski definition) is 0. The van der Waals surface area contributed by atoms with E-state index in [0.717, 1.165) is 25.2 Å². The highest BCUT2D eigenvalue weighted by molar-refractivity contribution is 5.16. The van der Waals surface area contributed by atoms with Gasteiger partial charge in [-0.15, -0.1) is 5.10 Å². The van der Waals surface area contributed by atoms with Crippen LogP contribution in [0.5, 0.6) is 0 Å². The summed E-state index contributed by atoms with van der Waals surface area (Å²) in [7, 11) is 0. The molecule has 20 heavy (non-hydrogen) atoms. The van der Waals surface area contributed by atoms with Crippen LogP contribution in [0.25, 0.3) is 0 Å². The van der Waals surface area contributed by atoms with Crippen LogP contribution in [0.4, 0.5) is 4.39 Å². The molecule has 0 spiro atoms. The smallest absolute Gasteiger partial charge is 0.123 e. The summed E-state index contributed by atoms with van der Waals surface area (Å²) in [6.45, 7) is 3.81. The number of rotatable bonds is 4. The lowest BCUT2D eigenvalue weighted by Gasteiger charge is -2.32. The molecule has 1 saturated heterocycles. The highest BCUT2D eigenvalue weighted by Gasteiger charge is 2.21. The summed E-state index contributed by atoms with van der Waals surface area (Å²) in [4.78, 5) is 2.28. The quantitative estimate of drug-likeness (QED) is 0.844. The van der Waals surface area contributed by atoms with Crippen molar-refractivity contribution >= 4 is 0 Å². The van der Waals surface area contributed by atoms with Crippen molar-refractivity contribution in [2.75, 3.05) is 19.7 Å². The van der Waals surface area contributed by atoms with Crippen molar-refractivity contribution in [3.8, 4) is 0 Å². The van der Waals surface area contributed by atoms with E-state index in [-0.39, 0.29) is 11.9 Å². The Labute approximate surface area is 117 Å². The summed E-state index contributed by atoms with van der Waals surface area (Å²) in [6, 6.07) is 6.75. The Kier molecular flexibility index (Phi) is 4.03. The van der Waals surface area contributed by atoms with E-state index in [9.17, 15) is 4.39 Å². The Balaban J connectivity index is 1.57. The van der Waals surface area contributed by atoms with Gasteiger partial charge >= 0.3 is 0 Å². The van der Waals surface area contributed by atoms with Gasteiger partial charge < -0.3 is 4.74 Å². The van der Waals surface area contributed by atoms with Gasteiger partial charge in [0, 0.05) is 25.8 Å². The fourth-order valence-corrected chi connectivity index (χ4v) is 2.47.